The van der Waals surface area contributed by atoms with Crippen LogP contribution in [0.5, 0.6) is 5.75 Å². The number of nitrogens with two attached hydrogens (primary N) is 1. The minimum Gasteiger partial charge on any atom is -0.423 e. The lowest BCUT2D eigenvalue weighted by Gasteiger charge is -2.01. The molecule has 0 amide bonds. The molecule has 0 bridgehead atoms. The molecule has 0 aliphatic carbocycles. The van der Waals surface area contributed by atoms with Gasteiger partial charge in [0, 0.05) is 0 Å². The van der Waals surface area contributed by atoms with E-state index < -0.39 is 5.97 Å². The second-order valence-corrected chi connectivity index (χ2v) is 3.64. The van der Waals surface area contributed by atoms with Crippen LogP contribution in [-0.2, 0) is 0 Å². The predicted octanol–water partition coefficient (Wildman–Crippen LogP) is 1.94. The lowest BCUT2D eigenvalue weighted by Crippen LogP contribution is -2.09. The first-order valence-corrected chi connectivity index (χ1v) is 5.02. The van der Waals surface area contributed by atoms with E-state index in [0.29, 0.717) is 16.3 Å². The van der Waals surface area contributed by atoms with Gasteiger partial charge in [0.2, 0.25) is 0 Å². The summed E-state index contributed by atoms with van der Waals surface area (Å²) in [5.74, 6) is 0.0144. The molecular weight excluding hydrogens is 212 g/mol. The Hall–Kier alpha value is -1.88. The third-order valence-corrected chi connectivity index (χ3v) is 2.40. The van der Waals surface area contributed by atoms with Crippen molar-refractivity contribution in [1.82, 2.24) is 4.37 Å². The predicted molar refractivity (Wildman–Crippen MR) is 57.9 cm³/mol. The number of anilines is 1. The molecule has 0 spiro atoms. The lowest BCUT2D eigenvalue weighted by atomic mass is 10.3. The van der Waals surface area contributed by atoms with Gasteiger partial charge in [-0.15, -0.1) is 0 Å². The fraction of sp³-hybridized carbons (Fsp3) is 0. The van der Waals surface area contributed by atoms with Crippen molar-refractivity contribution in [3.63, 3.8) is 0 Å². The van der Waals surface area contributed by atoms with Gasteiger partial charge in [-0.1, -0.05) is 18.2 Å². The van der Waals surface area contributed by atoms with Crippen molar-refractivity contribution >= 4 is 22.5 Å². The van der Waals surface area contributed by atoms with Crippen LogP contribution in [0.15, 0.2) is 36.5 Å². The van der Waals surface area contributed by atoms with Gasteiger partial charge in [0.1, 0.15) is 16.3 Å². The van der Waals surface area contributed by atoms with Crippen molar-refractivity contribution in [2.45, 2.75) is 0 Å². The first-order chi connectivity index (χ1) is 7.27. The van der Waals surface area contributed by atoms with Crippen molar-refractivity contribution in [2.24, 2.45) is 0 Å². The number of para-hydroxylation sites is 1. The molecule has 1 aromatic carbocycles. The molecule has 0 fully saturated rings. The number of carbonyl (C=O) groups excluding carboxylic acids is 1. The van der Waals surface area contributed by atoms with Crippen LogP contribution in [0.1, 0.15) is 10.4 Å². The first-order valence-electron chi connectivity index (χ1n) is 4.25. The molecule has 0 saturated carbocycles. The Kier molecular flexibility index (Phi) is 2.64. The van der Waals surface area contributed by atoms with Crippen LogP contribution in [0.3, 0.4) is 0 Å². The zero-order valence-electron chi connectivity index (χ0n) is 7.71. The number of carbonyl (C=O) groups is 1. The van der Waals surface area contributed by atoms with Crippen LogP contribution in [-0.4, -0.2) is 10.3 Å². The standard InChI is InChI=1S/C10H8N2O2S/c11-9-8(6-12-15-9)10(13)14-7-4-2-1-3-5-7/h1-6H,11H2. The van der Waals surface area contributed by atoms with Crippen LogP contribution >= 0.6 is 11.5 Å². The Morgan fingerprint density at radius 1 is 1.33 bits per heavy atom. The van der Waals surface area contributed by atoms with Gasteiger partial charge in [0.25, 0.3) is 0 Å². The van der Waals surface area contributed by atoms with Gasteiger partial charge < -0.3 is 10.5 Å². The monoisotopic (exact) mass is 220 g/mol. The molecule has 0 aliphatic rings. The maximum Gasteiger partial charge on any atom is 0.348 e. The molecule has 5 heteroatoms. The van der Waals surface area contributed by atoms with Crippen LogP contribution in [0.25, 0.3) is 0 Å². The number of esters is 1. The van der Waals surface area contributed by atoms with Crippen molar-refractivity contribution < 1.29 is 9.53 Å². The van der Waals surface area contributed by atoms with Crippen molar-refractivity contribution in [2.75, 3.05) is 5.73 Å². The summed E-state index contributed by atoms with van der Waals surface area (Å²) in [7, 11) is 0. The molecule has 0 unspecified atom stereocenters. The quantitative estimate of drug-likeness (QED) is 0.620. The zero-order chi connectivity index (χ0) is 10.7. The van der Waals surface area contributed by atoms with E-state index in [1.807, 2.05) is 6.07 Å². The number of aromatic nitrogens is 1. The van der Waals surface area contributed by atoms with E-state index in [9.17, 15) is 4.79 Å². The van der Waals surface area contributed by atoms with E-state index >= 15 is 0 Å². The van der Waals surface area contributed by atoms with Gasteiger partial charge in [-0.25, -0.2) is 4.79 Å². The number of nitrogen functional groups attached to an aromatic ring is 1. The van der Waals surface area contributed by atoms with Crippen LogP contribution in [0, 0.1) is 0 Å². The van der Waals surface area contributed by atoms with Gasteiger partial charge in [-0.3, -0.25) is 0 Å². The second-order valence-electron chi connectivity index (χ2n) is 2.81. The van der Waals surface area contributed by atoms with E-state index in [2.05, 4.69) is 4.37 Å². The van der Waals surface area contributed by atoms with Gasteiger partial charge in [-0.05, 0) is 23.7 Å². The maximum atomic E-state index is 11.6. The molecule has 1 heterocycles. The minimum absolute atomic E-state index is 0.309. The zero-order valence-corrected chi connectivity index (χ0v) is 8.53. The average molecular weight is 220 g/mol. The van der Waals surface area contributed by atoms with E-state index in [1.165, 1.54) is 6.20 Å². The lowest BCUT2D eigenvalue weighted by molar-refractivity contribution is 0.0736. The molecule has 0 aliphatic heterocycles. The Balaban J connectivity index is 2.15. The molecule has 2 N–H and O–H groups in total. The number of hydrogen-bond acceptors (Lipinski definition) is 5. The average Bonchev–Trinajstić information content (AvgIpc) is 2.66. The number of hydrogen-bond donors (Lipinski definition) is 1. The Bertz CT molecular complexity index is 467. The molecule has 2 rings (SSSR count). The smallest absolute Gasteiger partial charge is 0.348 e. The first kappa shape index (κ1) is 9.67. The summed E-state index contributed by atoms with van der Waals surface area (Å²) in [5.41, 5.74) is 5.86. The third-order valence-electron chi connectivity index (χ3n) is 1.77. The highest BCUT2D eigenvalue weighted by atomic mass is 32.1. The Morgan fingerprint density at radius 3 is 2.67 bits per heavy atom. The van der Waals surface area contributed by atoms with Crippen molar-refractivity contribution in [1.29, 1.82) is 0 Å². The molecule has 76 valence electrons. The van der Waals surface area contributed by atoms with E-state index in [-0.39, 0.29) is 0 Å². The summed E-state index contributed by atoms with van der Waals surface area (Å²) in [6.07, 6.45) is 1.41. The van der Waals surface area contributed by atoms with E-state index in [4.69, 9.17) is 10.5 Å². The number of benzene rings is 1. The topological polar surface area (TPSA) is 65.2 Å². The van der Waals surface area contributed by atoms with Crippen LogP contribution in [0.4, 0.5) is 5.00 Å². The van der Waals surface area contributed by atoms with E-state index in [0.717, 1.165) is 11.5 Å². The van der Waals surface area contributed by atoms with Gasteiger partial charge >= 0.3 is 5.97 Å². The molecule has 0 radical (unpaired) electrons. The summed E-state index contributed by atoms with van der Waals surface area (Å²) >= 11 is 1.07. The maximum absolute atomic E-state index is 11.6. The normalized spacial score (nSPS) is 9.87. The van der Waals surface area contributed by atoms with Crippen LogP contribution < -0.4 is 10.5 Å². The van der Waals surface area contributed by atoms with Crippen molar-refractivity contribution in [3.8, 4) is 5.75 Å². The highest BCUT2D eigenvalue weighted by molar-refractivity contribution is 7.10. The third kappa shape index (κ3) is 2.13. The molecule has 0 atom stereocenters. The summed E-state index contributed by atoms with van der Waals surface area (Å²) in [5, 5.41) is 0.371. The van der Waals surface area contributed by atoms with Gasteiger partial charge in [0.15, 0.2) is 0 Å². The van der Waals surface area contributed by atoms with Crippen molar-refractivity contribution in [3.05, 3.63) is 42.1 Å². The summed E-state index contributed by atoms with van der Waals surface area (Å²) in [4.78, 5) is 11.6. The van der Waals surface area contributed by atoms with Gasteiger partial charge in [-0.2, -0.15) is 4.37 Å². The Morgan fingerprint density at radius 2 is 2.07 bits per heavy atom. The number of ether oxygens (including phenoxy) is 1. The fourth-order valence-corrected chi connectivity index (χ4v) is 1.56. The highest BCUT2D eigenvalue weighted by Crippen LogP contribution is 2.18. The summed E-state index contributed by atoms with van der Waals surface area (Å²) in [6, 6.07) is 8.83. The SMILES string of the molecule is Nc1sncc1C(=O)Oc1ccccc1. The van der Waals surface area contributed by atoms with Gasteiger partial charge in [0.05, 0.1) is 6.20 Å². The second kappa shape index (κ2) is 4.10. The van der Waals surface area contributed by atoms with Crippen LogP contribution in [0.2, 0.25) is 0 Å². The largest absolute Gasteiger partial charge is 0.423 e. The molecule has 1 aromatic heterocycles. The molecule has 0 saturated heterocycles. The summed E-state index contributed by atoms with van der Waals surface area (Å²) < 4.78 is 8.89. The Labute approximate surface area is 90.5 Å². The summed E-state index contributed by atoms with van der Waals surface area (Å²) in [6.45, 7) is 0. The molecule has 15 heavy (non-hydrogen) atoms. The molecular formula is C10H8N2O2S. The number of nitrogens with zero attached hydrogens (tertiary/aromatic N) is 1. The number of rotatable bonds is 2. The highest BCUT2D eigenvalue weighted by Gasteiger charge is 2.13. The minimum atomic E-state index is -0.479. The van der Waals surface area contributed by atoms with E-state index in [1.54, 1.807) is 24.3 Å². The fourth-order valence-electron chi connectivity index (χ4n) is 1.05. The molecule has 2 aromatic rings. The molecule has 4 nitrogen and oxygen atoms in total.